The molecule has 0 aliphatic carbocycles. The molecule has 1 aliphatic heterocycles. The summed E-state index contributed by atoms with van der Waals surface area (Å²) in [5.41, 5.74) is -1.77. The fourth-order valence-corrected chi connectivity index (χ4v) is 5.65. The quantitative estimate of drug-likeness (QED) is 0.895. The minimum Gasteiger partial charge on any atom is -0.383 e. The van der Waals surface area contributed by atoms with Crippen molar-refractivity contribution in [1.82, 2.24) is 0 Å². The molecule has 1 N–H and O–H groups in total. The van der Waals surface area contributed by atoms with Gasteiger partial charge in [-0.1, -0.05) is 0 Å². The zero-order valence-electron chi connectivity index (χ0n) is 10.3. The van der Waals surface area contributed by atoms with Crippen molar-refractivity contribution in [1.29, 1.82) is 5.26 Å². The maximum absolute atomic E-state index is 11.6. The number of thiophene rings is 1. The topological polar surface area (TPSA) is 78.2 Å². The van der Waals surface area contributed by atoms with Gasteiger partial charge < -0.3 is 5.11 Å². The summed E-state index contributed by atoms with van der Waals surface area (Å²) in [6.45, 7) is 3.41. The molecule has 1 aromatic heterocycles. The second-order valence-corrected chi connectivity index (χ2v) is 8.14. The highest BCUT2D eigenvalue weighted by atomic mass is 32.2. The normalized spacial score (nSPS) is 29.7. The molecule has 2 unspecified atom stereocenters. The minimum absolute atomic E-state index is 0.0267. The standard InChI is InChI=1S/C12H15NO3S2/c1-9-3-5-17-10(9)11(2,14)12(7-13)4-6-18(15,16)8-12/h3,5,14H,4,6,8H2,1-2H3. The molecule has 4 nitrogen and oxygen atoms in total. The van der Waals surface area contributed by atoms with Crippen LogP contribution in [0.5, 0.6) is 0 Å². The summed E-state index contributed by atoms with van der Waals surface area (Å²) in [4.78, 5) is 0.682. The van der Waals surface area contributed by atoms with E-state index in [1.165, 1.54) is 11.3 Å². The van der Waals surface area contributed by atoms with Crippen LogP contribution >= 0.6 is 11.3 Å². The molecule has 0 bridgehead atoms. The lowest BCUT2D eigenvalue weighted by molar-refractivity contribution is -0.0295. The number of aryl methyl sites for hydroxylation is 1. The Morgan fingerprint density at radius 1 is 1.61 bits per heavy atom. The Hall–Kier alpha value is -0.900. The molecule has 1 aromatic rings. The van der Waals surface area contributed by atoms with Crippen LogP contribution in [0.3, 0.4) is 0 Å². The summed E-state index contributed by atoms with van der Waals surface area (Å²) in [7, 11) is -3.23. The third-order valence-corrected chi connectivity index (χ3v) is 6.74. The third kappa shape index (κ3) is 1.87. The SMILES string of the molecule is Cc1ccsc1C(C)(O)C1(C#N)CCS(=O)(=O)C1. The summed E-state index contributed by atoms with van der Waals surface area (Å²) in [5.74, 6) is -0.290. The van der Waals surface area contributed by atoms with E-state index in [0.717, 1.165) is 5.56 Å². The van der Waals surface area contributed by atoms with Crippen molar-refractivity contribution < 1.29 is 13.5 Å². The van der Waals surface area contributed by atoms with Crippen LogP contribution in [-0.4, -0.2) is 25.0 Å². The highest BCUT2D eigenvalue weighted by Crippen LogP contribution is 2.49. The third-order valence-electron chi connectivity index (χ3n) is 3.76. The second-order valence-electron chi connectivity index (χ2n) is 5.04. The number of nitriles is 1. The van der Waals surface area contributed by atoms with Gasteiger partial charge >= 0.3 is 0 Å². The smallest absolute Gasteiger partial charge is 0.152 e. The fourth-order valence-electron chi connectivity index (χ4n) is 2.52. The first-order valence-electron chi connectivity index (χ1n) is 5.63. The summed E-state index contributed by atoms with van der Waals surface area (Å²) in [6.07, 6.45) is 0.191. The molecule has 18 heavy (non-hydrogen) atoms. The van der Waals surface area contributed by atoms with Gasteiger partial charge in [0.15, 0.2) is 9.84 Å². The maximum atomic E-state index is 11.6. The van der Waals surface area contributed by atoms with Crippen molar-refractivity contribution in [3.63, 3.8) is 0 Å². The summed E-state index contributed by atoms with van der Waals surface area (Å²) >= 11 is 1.36. The molecule has 2 rings (SSSR count). The number of sulfone groups is 1. The Bertz CT molecular complexity index is 610. The summed E-state index contributed by atoms with van der Waals surface area (Å²) in [5, 5.41) is 22.0. The first-order valence-corrected chi connectivity index (χ1v) is 8.33. The van der Waals surface area contributed by atoms with E-state index in [9.17, 15) is 18.8 Å². The van der Waals surface area contributed by atoms with Crippen LogP contribution in [0.4, 0.5) is 0 Å². The van der Waals surface area contributed by atoms with Gasteiger partial charge in [0.1, 0.15) is 11.0 Å². The van der Waals surface area contributed by atoms with Gasteiger partial charge in [0.25, 0.3) is 0 Å². The zero-order valence-corrected chi connectivity index (χ0v) is 11.9. The van der Waals surface area contributed by atoms with E-state index < -0.39 is 20.9 Å². The van der Waals surface area contributed by atoms with E-state index in [1.807, 2.05) is 18.4 Å². The molecular weight excluding hydrogens is 270 g/mol. The van der Waals surface area contributed by atoms with Gasteiger partial charge in [-0.25, -0.2) is 8.42 Å². The van der Waals surface area contributed by atoms with Gasteiger partial charge in [-0.3, -0.25) is 0 Å². The molecule has 1 saturated heterocycles. The van der Waals surface area contributed by atoms with Crippen molar-refractivity contribution in [2.75, 3.05) is 11.5 Å². The summed E-state index contributed by atoms with van der Waals surface area (Å²) in [6, 6.07) is 3.93. The Morgan fingerprint density at radius 3 is 2.67 bits per heavy atom. The molecule has 1 aliphatic rings. The Morgan fingerprint density at radius 2 is 2.28 bits per heavy atom. The molecular formula is C12H15NO3S2. The van der Waals surface area contributed by atoms with Crippen LogP contribution in [0.25, 0.3) is 0 Å². The maximum Gasteiger partial charge on any atom is 0.152 e. The molecule has 1 fully saturated rings. The first-order chi connectivity index (χ1) is 8.24. The number of hydrogen-bond acceptors (Lipinski definition) is 5. The predicted molar refractivity (Wildman–Crippen MR) is 69.9 cm³/mol. The lowest BCUT2D eigenvalue weighted by atomic mass is 9.72. The molecule has 0 aromatic carbocycles. The van der Waals surface area contributed by atoms with Crippen molar-refractivity contribution in [2.45, 2.75) is 25.9 Å². The average Bonchev–Trinajstić information content (AvgIpc) is 2.83. The van der Waals surface area contributed by atoms with E-state index in [-0.39, 0.29) is 17.9 Å². The highest BCUT2D eigenvalue weighted by molar-refractivity contribution is 7.91. The van der Waals surface area contributed by atoms with Gasteiger partial charge in [-0.15, -0.1) is 11.3 Å². The van der Waals surface area contributed by atoms with Crippen LogP contribution < -0.4 is 0 Å². The average molecular weight is 285 g/mol. The van der Waals surface area contributed by atoms with E-state index >= 15 is 0 Å². The molecule has 0 amide bonds. The van der Waals surface area contributed by atoms with Gasteiger partial charge in [0.2, 0.25) is 0 Å². The van der Waals surface area contributed by atoms with Crippen LogP contribution in [0, 0.1) is 23.7 Å². The van der Waals surface area contributed by atoms with Crippen molar-refractivity contribution >= 4 is 21.2 Å². The molecule has 98 valence electrons. The van der Waals surface area contributed by atoms with Crippen LogP contribution in [0.15, 0.2) is 11.4 Å². The lowest BCUT2D eigenvalue weighted by Gasteiger charge is -2.36. The Kier molecular flexibility index (Phi) is 3.05. The molecule has 0 saturated carbocycles. The Balaban J connectivity index is 2.53. The number of aliphatic hydroxyl groups is 1. The molecule has 2 heterocycles. The zero-order chi connectivity index (χ0) is 13.6. The fraction of sp³-hybridized carbons (Fsp3) is 0.583. The van der Waals surface area contributed by atoms with E-state index in [2.05, 4.69) is 6.07 Å². The van der Waals surface area contributed by atoms with Gasteiger partial charge in [-0.05, 0) is 37.3 Å². The lowest BCUT2D eigenvalue weighted by Crippen LogP contribution is -2.43. The molecule has 0 spiro atoms. The predicted octanol–water partition coefficient (Wildman–Crippen LogP) is 1.59. The van der Waals surface area contributed by atoms with Crippen molar-refractivity contribution in [3.8, 4) is 6.07 Å². The van der Waals surface area contributed by atoms with Gasteiger partial charge in [-0.2, -0.15) is 5.26 Å². The van der Waals surface area contributed by atoms with Gasteiger partial charge in [0.05, 0.1) is 17.6 Å². The molecule has 6 heteroatoms. The van der Waals surface area contributed by atoms with E-state index in [1.54, 1.807) is 6.92 Å². The van der Waals surface area contributed by atoms with Crippen LogP contribution in [-0.2, 0) is 15.4 Å². The minimum atomic E-state index is -3.23. The van der Waals surface area contributed by atoms with Crippen LogP contribution in [0.1, 0.15) is 23.8 Å². The van der Waals surface area contributed by atoms with Crippen molar-refractivity contribution in [2.24, 2.45) is 5.41 Å². The van der Waals surface area contributed by atoms with Gasteiger partial charge in [0, 0.05) is 4.88 Å². The van der Waals surface area contributed by atoms with E-state index in [0.29, 0.717) is 4.88 Å². The molecule has 2 atom stereocenters. The monoisotopic (exact) mass is 285 g/mol. The highest BCUT2D eigenvalue weighted by Gasteiger charge is 2.56. The summed E-state index contributed by atoms with van der Waals surface area (Å²) < 4.78 is 23.3. The largest absolute Gasteiger partial charge is 0.383 e. The van der Waals surface area contributed by atoms with Crippen LogP contribution in [0.2, 0.25) is 0 Å². The van der Waals surface area contributed by atoms with Crippen molar-refractivity contribution in [3.05, 3.63) is 21.9 Å². The second kappa shape index (κ2) is 4.05. The Labute approximate surface area is 111 Å². The first kappa shape index (κ1) is 13.5. The molecule has 0 radical (unpaired) electrons. The number of nitrogens with zero attached hydrogens (tertiary/aromatic N) is 1. The number of hydrogen-bond donors (Lipinski definition) is 1. The number of rotatable bonds is 2. The van der Waals surface area contributed by atoms with E-state index in [4.69, 9.17) is 0 Å².